The maximum Gasteiger partial charge on any atom is 0.328 e. The molecule has 0 fully saturated rings. The Kier molecular flexibility index (Phi) is 3.95. The van der Waals surface area contributed by atoms with Crippen LogP contribution in [-0.4, -0.2) is 22.1 Å². The van der Waals surface area contributed by atoms with Gasteiger partial charge in [0.15, 0.2) is 0 Å². The summed E-state index contributed by atoms with van der Waals surface area (Å²) < 4.78 is 4.75. The van der Waals surface area contributed by atoms with Crippen molar-refractivity contribution in [2.24, 2.45) is 0 Å². The first kappa shape index (κ1) is 13.5. The monoisotopic (exact) mass is 272 g/mol. The number of nitrogens with zero attached hydrogens (tertiary/aromatic N) is 1. The van der Waals surface area contributed by atoms with Gasteiger partial charge in [0.1, 0.15) is 0 Å². The Bertz CT molecular complexity index is 660. The molecule has 0 aliphatic carbocycles. The third-order valence-corrected chi connectivity index (χ3v) is 2.59. The molecular formula is C14H12N2O4. The van der Waals surface area contributed by atoms with Crippen LogP contribution in [0.3, 0.4) is 0 Å². The molecule has 0 saturated heterocycles. The standard InChI is InChI=1S/C14H12N2O4/c1-9-8-11(4-2-10(9)3-5-13(17)18)16-14(19)12-6-7-15-20-12/h2-8H,1H3,(H,16,19)(H,17,18). The van der Waals surface area contributed by atoms with Gasteiger partial charge in [-0.3, -0.25) is 4.79 Å². The molecule has 1 heterocycles. The molecule has 0 atom stereocenters. The minimum atomic E-state index is -1.01. The summed E-state index contributed by atoms with van der Waals surface area (Å²) in [4.78, 5) is 22.2. The molecule has 6 heteroatoms. The summed E-state index contributed by atoms with van der Waals surface area (Å²) in [6.45, 7) is 1.83. The highest BCUT2D eigenvalue weighted by Gasteiger charge is 2.10. The van der Waals surface area contributed by atoms with Gasteiger partial charge in [-0.1, -0.05) is 11.2 Å². The molecule has 0 aliphatic heterocycles. The number of aromatic nitrogens is 1. The Morgan fingerprint density at radius 3 is 2.75 bits per heavy atom. The molecule has 0 radical (unpaired) electrons. The molecule has 2 rings (SSSR count). The predicted molar refractivity (Wildman–Crippen MR) is 72.3 cm³/mol. The molecule has 2 N–H and O–H groups in total. The minimum absolute atomic E-state index is 0.123. The normalized spacial score (nSPS) is 10.7. The van der Waals surface area contributed by atoms with Gasteiger partial charge >= 0.3 is 5.97 Å². The van der Waals surface area contributed by atoms with Crippen molar-refractivity contribution in [2.45, 2.75) is 6.92 Å². The van der Waals surface area contributed by atoms with Crippen LogP contribution >= 0.6 is 0 Å². The lowest BCUT2D eigenvalue weighted by atomic mass is 10.1. The summed E-state index contributed by atoms with van der Waals surface area (Å²) in [7, 11) is 0. The van der Waals surface area contributed by atoms with Gasteiger partial charge < -0.3 is 14.9 Å². The average molecular weight is 272 g/mol. The summed E-state index contributed by atoms with van der Waals surface area (Å²) in [6.07, 6.45) is 3.95. The SMILES string of the molecule is Cc1cc(NC(=O)c2ccno2)ccc1C=CC(=O)O. The highest BCUT2D eigenvalue weighted by atomic mass is 16.5. The molecule has 0 unspecified atom stereocenters. The first-order chi connectivity index (χ1) is 9.56. The first-order valence-corrected chi connectivity index (χ1v) is 5.80. The van der Waals surface area contributed by atoms with Crippen molar-refractivity contribution < 1.29 is 19.2 Å². The van der Waals surface area contributed by atoms with Crippen LogP contribution in [0.15, 0.2) is 41.1 Å². The van der Waals surface area contributed by atoms with E-state index < -0.39 is 11.9 Å². The Labute approximate surface area is 114 Å². The van der Waals surface area contributed by atoms with Gasteiger partial charge in [0.25, 0.3) is 5.91 Å². The van der Waals surface area contributed by atoms with E-state index in [2.05, 4.69) is 10.5 Å². The molecule has 1 amide bonds. The second-order valence-corrected chi connectivity index (χ2v) is 4.07. The van der Waals surface area contributed by atoms with Gasteiger partial charge in [-0.2, -0.15) is 0 Å². The molecule has 0 spiro atoms. The number of benzene rings is 1. The molecular weight excluding hydrogens is 260 g/mol. The van der Waals surface area contributed by atoms with Crippen molar-refractivity contribution in [2.75, 3.05) is 5.32 Å². The van der Waals surface area contributed by atoms with E-state index in [0.29, 0.717) is 5.69 Å². The van der Waals surface area contributed by atoms with Gasteiger partial charge in [0.05, 0.1) is 6.20 Å². The zero-order chi connectivity index (χ0) is 14.5. The van der Waals surface area contributed by atoms with Crippen molar-refractivity contribution in [3.05, 3.63) is 53.4 Å². The molecule has 1 aromatic carbocycles. The van der Waals surface area contributed by atoms with Crippen molar-refractivity contribution >= 4 is 23.6 Å². The Morgan fingerprint density at radius 2 is 2.15 bits per heavy atom. The van der Waals surface area contributed by atoms with Crippen LogP contribution in [0.2, 0.25) is 0 Å². The van der Waals surface area contributed by atoms with Gasteiger partial charge in [0, 0.05) is 17.8 Å². The molecule has 0 aliphatic rings. The summed E-state index contributed by atoms with van der Waals surface area (Å²) in [5, 5.41) is 14.7. The quantitative estimate of drug-likeness (QED) is 0.833. The number of carbonyl (C=O) groups excluding carboxylic acids is 1. The third-order valence-electron chi connectivity index (χ3n) is 2.59. The highest BCUT2D eigenvalue weighted by molar-refractivity contribution is 6.02. The fourth-order valence-corrected chi connectivity index (χ4v) is 1.63. The minimum Gasteiger partial charge on any atom is -0.478 e. The van der Waals surface area contributed by atoms with Crippen molar-refractivity contribution in [1.29, 1.82) is 0 Å². The molecule has 20 heavy (non-hydrogen) atoms. The fourth-order valence-electron chi connectivity index (χ4n) is 1.63. The van der Waals surface area contributed by atoms with E-state index in [1.807, 2.05) is 6.92 Å². The smallest absolute Gasteiger partial charge is 0.328 e. The number of hydrogen-bond donors (Lipinski definition) is 2. The van der Waals surface area contributed by atoms with E-state index >= 15 is 0 Å². The van der Waals surface area contributed by atoms with Crippen molar-refractivity contribution in [3.8, 4) is 0 Å². The molecule has 0 saturated carbocycles. The van der Waals surface area contributed by atoms with Gasteiger partial charge in [0.2, 0.25) is 5.76 Å². The highest BCUT2D eigenvalue weighted by Crippen LogP contribution is 2.17. The van der Waals surface area contributed by atoms with Gasteiger partial charge in [-0.15, -0.1) is 0 Å². The van der Waals surface area contributed by atoms with Crippen LogP contribution in [0.5, 0.6) is 0 Å². The molecule has 6 nitrogen and oxygen atoms in total. The fraction of sp³-hybridized carbons (Fsp3) is 0.0714. The summed E-state index contributed by atoms with van der Waals surface area (Å²) >= 11 is 0. The van der Waals surface area contributed by atoms with Gasteiger partial charge in [-0.25, -0.2) is 4.79 Å². The molecule has 102 valence electrons. The number of nitrogens with one attached hydrogen (secondary N) is 1. The molecule has 0 bridgehead atoms. The van der Waals surface area contributed by atoms with Crippen LogP contribution in [0, 0.1) is 6.92 Å². The predicted octanol–water partition coefficient (Wildman–Crippen LogP) is 2.33. The topological polar surface area (TPSA) is 92.4 Å². The lowest BCUT2D eigenvalue weighted by Gasteiger charge is -2.06. The number of anilines is 1. The second kappa shape index (κ2) is 5.83. The maximum atomic E-state index is 11.7. The second-order valence-electron chi connectivity index (χ2n) is 4.07. The Balaban J connectivity index is 2.13. The van der Waals surface area contributed by atoms with E-state index in [0.717, 1.165) is 17.2 Å². The first-order valence-electron chi connectivity index (χ1n) is 5.80. The number of carboxylic acids is 1. The lowest BCUT2D eigenvalue weighted by molar-refractivity contribution is -0.131. The van der Waals surface area contributed by atoms with Crippen LogP contribution in [0.4, 0.5) is 5.69 Å². The lowest BCUT2D eigenvalue weighted by Crippen LogP contribution is -2.11. The Morgan fingerprint density at radius 1 is 1.35 bits per heavy atom. The number of carboxylic acid groups (broad SMARTS) is 1. The number of carbonyl (C=O) groups is 2. The van der Waals surface area contributed by atoms with Gasteiger partial charge in [-0.05, 0) is 36.3 Å². The number of aliphatic carboxylic acids is 1. The maximum absolute atomic E-state index is 11.7. The van der Waals surface area contributed by atoms with Crippen molar-refractivity contribution in [3.63, 3.8) is 0 Å². The average Bonchev–Trinajstić information content (AvgIpc) is 2.91. The zero-order valence-electron chi connectivity index (χ0n) is 10.7. The van der Waals surface area contributed by atoms with Crippen LogP contribution in [0.1, 0.15) is 21.7 Å². The summed E-state index contributed by atoms with van der Waals surface area (Å²) in [6, 6.07) is 6.62. The number of hydrogen-bond acceptors (Lipinski definition) is 4. The van der Waals surface area contributed by atoms with E-state index in [1.54, 1.807) is 18.2 Å². The molecule has 2 aromatic rings. The third kappa shape index (κ3) is 3.32. The van der Waals surface area contributed by atoms with E-state index in [9.17, 15) is 9.59 Å². The number of aryl methyl sites for hydroxylation is 1. The van der Waals surface area contributed by atoms with Crippen LogP contribution < -0.4 is 5.32 Å². The van der Waals surface area contributed by atoms with E-state index in [-0.39, 0.29) is 5.76 Å². The zero-order valence-corrected chi connectivity index (χ0v) is 10.7. The molecule has 1 aromatic heterocycles. The van der Waals surface area contributed by atoms with E-state index in [4.69, 9.17) is 9.63 Å². The number of rotatable bonds is 4. The van der Waals surface area contributed by atoms with E-state index in [1.165, 1.54) is 18.3 Å². The van der Waals surface area contributed by atoms with Crippen LogP contribution in [-0.2, 0) is 4.79 Å². The summed E-state index contributed by atoms with van der Waals surface area (Å²) in [5.41, 5.74) is 2.21. The largest absolute Gasteiger partial charge is 0.478 e. The Hall–Kier alpha value is -2.89. The van der Waals surface area contributed by atoms with Crippen molar-refractivity contribution in [1.82, 2.24) is 5.16 Å². The summed E-state index contributed by atoms with van der Waals surface area (Å²) in [5.74, 6) is -1.28. The number of amides is 1. The van der Waals surface area contributed by atoms with Crippen LogP contribution in [0.25, 0.3) is 6.08 Å².